The molecule has 2 heterocycles. The second-order valence-electron chi connectivity index (χ2n) is 4.50. The smallest absolute Gasteiger partial charge is 0.145 e. The molecule has 1 aliphatic heterocycles. The first kappa shape index (κ1) is 13.0. The monoisotopic (exact) mass is 346 g/mol. The van der Waals surface area contributed by atoms with Crippen molar-refractivity contribution in [1.82, 2.24) is 14.9 Å². The molecule has 0 bridgehead atoms. The highest BCUT2D eigenvalue weighted by Crippen LogP contribution is 2.21. The molecule has 4 nitrogen and oxygen atoms in total. The third-order valence-electron chi connectivity index (χ3n) is 3.40. The van der Waals surface area contributed by atoms with Crippen LogP contribution in [0.3, 0.4) is 0 Å². The van der Waals surface area contributed by atoms with E-state index in [-0.39, 0.29) is 0 Å². The molecule has 1 saturated heterocycles. The number of aromatic nitrogens is 2. The van der Waals surface area contributed by atoms with Gasteiger partial charge in [0.25, 0.3) is 0 Å². The van der Waals surface area contributed by atoms with Crippen LogP contribution in [0.2, 0.25) is 0 Å². The molecule has 1 aromatic heterocycles. The number of halogens is 1. The van der Waals surface area contributed by atoms with Crippen LogP contribution in [-0.4, -0.2) is 47.6 Å². The first-order chi connectivity index (χ1) is 8.22. The summed E-state index contributed by atoms with van der Waals surface area (Å²) in [7, 11) is 2.12. The number of hydrogen-bond acceptors (Lipinski definition) is 4. The van der Waals surface area contributed by atoms with E-state index in [1.54, 1.807) is 6.33 Å². The van der Waals surface area contributed by atoms with Crippen molar-refractivity contribution in [3.05, 3.63) is 16.1 Å². The maximum absolute atomic E-state index is 4.36. The highest BCUT2D eigenvalue weighted by atomic mass is 127. The standard InChI is InChI=1S/C12H19IN4/c1-3-17-6-4-5-10(17)8-16(2)12-11(13)7-14-9-15-12/h7,9-10H,3-6,8H2,1-2H3. The lowest BCUT2D eigenvalue weighted by Crippen LogP contribution is -2.39. The Morgan fingerprint density at radius 1 is 1.59 bits per heavy atom. The zero-order valence-electron chi connectivity index (χ0n) is 10.4. The Morgan fingerprint density at radius 2 is 2.41 bits per heavy atom. The van der Waals surface area contributed by atoms with Crippen molar-refractivity contribution in [2.45, 2.75) is 25.8 Å². The highest BCUT2D eigenvalue weighted by molar-refractivity contribution is 14.1. The van der Waals surface area contributed by atoms with E-state index in [9.17, 15) is 0 Å². The molecule has 0 N–H and O–H groups in total. The number of hydrogen-bond donors (Lipinski definition) is 0. The fraction of sp³-hybridized carbons (Fsp3) is 0.667. The first-order valence-corrected chi connectivity index (χ1v) is 7.21. The molecule has 17 heavy (non-hydrogen) atoms. The zero-order chi connectivity index (χ0) is 12.3. The van der Waals surface area contributed by atoms with Gasteiger partial charge >= 0.3 is 0 Å². The van der Waals surface area contributed by atoms with Crippen LogP contribution in [0.4, 0.5) is 5.82 Å². The van der Waals surface area contributed by atoms with Gasteiger partial charge in [-0.1, -0.05) is 6.92 Å². The maximum atomic E-state index is 4.36. The number of rotatable bonds is 4. The van der Waals surface area contributed by atoms with Crippen molar-refractivity contribution in [2.75, 3.05) is 31.6 Å². The third kappa shape index (κ3) is 3.07. The van der Waals surface area contributed by atoms with E-state index in [0.717, 1.165) is 22.5 Å². The zero-order valence-corrected chi connectivity index (χ0v) is 12.6. The Hall–Kier alpha value is -0.430. The summed E-state index contributed by atoms with van der Waals surface area (Å²) in [5.74, 6) is 1.04. The number of nitrogens with zero attached hydrogens (tertiary/aromatic N) is 4. The molecule has 1 aliphatic rings. The molecule has 0 saturated carbocycles. The van der Waals surface area contributed by atoms with Gasteiger partial charge < -0.3 is 4.90 Å². The summed E-state index contributed by atoms with van der Waals surface area (Å²) in [6.07, 6.45) is 6.12. The van der Waals surface area contributed by atoms with Crippen LogP contribution in [0.15, 0.2) is 12.5 Å². The molecule has 1 aromatic rings. The van der Waals surface area contributed by atoms with Crippen LogP contribution < -0.4 is 4.90 Å². The summed E-state index contributed by atoms with van der Waals surface area (Å²) >= 11 is 2.30. The molecular formula is C12H19IN4. The normalized spacial score (nSPS) is 20.8. The van der Waals surface area contributed by atoms with E-state index in [2.05, 4.69) is 56.3 Å². The summed E-state index contributed by atoms with van der Waals surface area (Å²) in [4.78, 5) is 13.2. The van der Waals surface area contributed by atoms with Crippen molar-refractivity contribution in [2.24, 2.45) is 0 Å². The highest BCUT2D eigenvalue weighted by Gasteiger charge is 2.24. The molecule has 0 spiro atoms. The Kier molecular flexibility index (Phi) is 4.55. The van der Waals surface area contributed by atoms with E-state index in [1.807, 2.05) is 6.20 Å². The summed E-state index contributed by atoms with van der Waals surface area (Å²) in [6.45, 7) is 5.70. The molecule has 5 heteroatoms. The molecule has 0 radical (unpaired) electrons. The van der Waals surface area contributed by atoms with Gasteiger partial charge in [-0.15, -0.1) is 0 Å². The fourth-order valence-electron chi connectivity index (χ4n) is 2.51. The van der Waals surface area contributed by atoms with E-state index < -0.39 is 0 Å². The van der Waals surface area contributed by atoms with Gasteiger partial charge in [-0.05, 0) is 48.5 Å². The third-order valence-corrected chi connectivity index (χ3v) is 4.16. The minimum Gasteiger partial charge on any atom is -0.357 e. The average molecular weight is 346 g/mol. The van der Waals surface area contributed by atoms with Gasteiger partial charge in [0.1, 0.15) is 12.1 Å². The van der Waals surface area contributed by atoms with Gasteiger partial charge in [0.05, 0.1) is 3.57 Å². The molecule has 1 unspecified atom stereocenters. The van der Waals surface area contributed by atoms with Crippen LogP contribution in [0.5, 0.6) is 0 Å². The van der Waals surface area contributed by atoms with E-state index in [0.29, 0.717) is 6.04 Å². The van der Waals surface area contributed by atoms with Crippen LogP contribution in [-0.2, 0) is 0 Å². The van der Waals surface area contributed by atoms with Crippen LogP contribution in [0.1, 0.15) is 19.8 Å². The van der Waals surface area contributed by atoms with E-state index in [1.165, 1.54) is 19.4 Å². The minimum absolute atomic E-state index is 0.677. The van der Waals surface area contributed by atoms with Crippen LogP contribution in [0.25, 0.3) is 0 Å². The number of likely N-dealkylation sites (N-methyl/N-ethyl adjacent to an activating group) is 2. The first-order valence-electron chi connectivity index (χ1n) is 6.13. The van der Waals surface area contributed by atoms with Crippen molar-refractivity contribution < 1.29 is 0 Å². The molecule has 1 fully saturated rings. The summed E-state index contributed by atoms with van der Waals surface area (Å²) in [5, 5.41) is 0. The van der Waals surface area contributed by atoms with Gasteiger partial charge in [-0.3, -0.25) is 4.90 Å². The lowest BCUT2D eigenvalue weighted by molar-refractivity contribution is 0.270. The Bertz CT molecular complexity index is 371. The molecule has 1 atom stereocenters. The Morgan fingerprint density at radius 3 is 3.12 bits per heavy atom. The Labute approximate surface area is 117 Å². The summed E-state index contributed by atoms with van der Waals surface area (Å²) in [5.41, 5.74) is 0. The minimum atomic E-state index is 0.677. The van der Waals surface area contributed by atoms with Gasteiger partial charge in [-0.2, -0.15) is 0 Å². The van der Waals surface area contributed by atoms with E-state index in [4.69, 9.17) is 0 Å². The van der Waals surface area contributed by atoms with Gasteiger partial charge in [-0.25, -0.2) is 9.97 Å². The number of anilines is 1. The van der Waals surface area contributed by atoms with Gasteiger partial charge in [0.2, 0.25) is 0 Å². The maximum Gasteiger partial charge on any atom is 0.145 e. The average Bonchev–Trinajstić information content (AvgIpc) is 2.76. The molecule has 0 amide bonds. The SMILES string of the molecule is CCN1CCCC1CN(C)c1ncncc1I. The van der Waals surface area contributed by atoms with E-state index >= 15 is 0 Å². The van der Waals surface area contributed by atoms with Crippen LogP contribution >= 0.6 is 22.6 Å². The van der Waals surface area contributed by atoms with Crippen molar-refractivity contribution in [3.8, 4) is 0 Å². The molecule has 0 aliphatic carbocycles. The predicted octanol–water partition coefficient (Wildman–Crippen LogP) is 2.00. The van der Waals surface area contributed by atoms with Crippen LogP contribution in [0, 0.1) is 3.57 Å². The largest absolute Gasteiger partial charge is 0.357 e. The summed E-state index contributed by atoms with van der Waals surface area (Å²) < 4.78 is 1.12. The van der Waals surface area contributed by atoms with Gasteiger partial charge in [0, 0.05) is 25.8 Å². The lowest BCUT2D eigenvalue weighted by Gasteiger charge is -2.28. The molecular weight excluding hydrogens is 327 g/mol. The second-order valence-corrected chi connectivity index (χ2v) is 5.66. The predicted molar refractivity (Wildman–Crippen MR) is 78.3 cm³/mol. The molecule has 0 aromatic carbocycles. The second kappa shape index (κ2) is 5.95. The molecule has 2 rings (SSSR count). The fourth-order valence-corrected chi connectivity index (χ4v) is 3.22. The molecule has 94 valence electrons. The van der Waals surface area contributed by atoms with Crippen molar-refractivity contribution in [1.29, 1.82) is 0 Å². The number of likely N-dealkylation sites (tertiary alicyclic amines) is 1. The quantitative estimate of drug-likeness (QED) is 0.781. The van der Waals surface area contributed by atoms with Gasteiger partial charge in [0.15, 0.2) is 0 Å². The van der Waals surface area contributed by atoms with Crippen molar-refractivity contribution in [3.63, 3.8) is 0 Å². The Balaban J connectivity index is 2.01. The summed E-state index contributed by atoms with van der Waals surface area (Å²) in [6, 6.07) is 0.677. The lowest BCUT2D eigenvalue weighted by atomic mass is 10.2. The topological polar surface area (TPSA) is 32.3 Å². The van der Waals surface area contributed by atoms with Crippen molar-refractivity contribution >= 4 is 28.4 Å².